The van der Waals surface area contributed by atoms with Gasteiger partial charge in [0.05, 0.1) is 5.54 Å². The van der Waals surface area contributed by atoms with Gasteiger partial charge in [0.2, 0.25) is 0 Å². The molecule has 0 radical (unpaired) electrons. The molecule has 3 N–H and O–H groups in total. The molecule has 0 spiro atoms. The number of unbranched alkanes of at least 4 members (excludes halogenated alkanes) is 7. The topological polar surface area (TPSA) is 67.5 Å². The van der Waals surface area contributed by atoms with E-state index in [0.717, 1.165) is 19.3 Å². The Balaban J connectivity index is 1.69. The summed E-state index contributed by atoms with van der Waals surface area (Å²) in [5, 5.41) is 2.96. The van der Waals surface area contributed by atoms with Crippen LogP contribution in [0.5, 0.6) is 0 Å². The molecule has 0 saturated heterocycles. The highest BCUT2D eigenvalue weighted by molar-refractivity contribution is 6.21. The number of halogens is 1. The highest BCUT2D eigenvalue weighted by atomic mass is 35.5. The summed E-state index contributed by atoms with van der Waals surface area (Å²) in [5.41, 5.74) is 7.19. The van der Waals surface area contributed by atoms with Crippen LogP contribution in [0.25, 0.3) is 0 Å². The molecule has 0 aromatic heterocycles. The zero-order valence-electron chi connectivity index (χ0n) is 15.9. The van der Waals surface area contributed by atoms with Crippen molar-refractivity contribution in [2.75, 3.05) is 0 Å². The normalized spacial score (nSPS) is 15.7. The Kier molecular flexibility index (Phi) is 8.43. The lowest BCUT2D eigenvalue weighted by Crippen LogP contribution is -2.46. The minimum atomic E-state index is -0.533. The minimum absolute atomic E-state index is 0.121. The summed E-state index contributed by atoms with van der Waals surface area (Å²) in [7, 11) is 0. The van der Waals surface area contributed by atoms with E-state index in [1.807, 2.05) is 12.1 Å². The first-order valence-electron chi connectivity index (χ1n) is 9.97. The van der Waals surface area contributed by atoms with Crippen molar-refractivity contribution in [3.05, 3.63) is 35.4 Å². The first-order chi connectivity index (χ1) is 12.6. The first kappa shape index (κ1) is 20.8. The molecule has 4 nitrogen and oxygen atoms in total. The van der Waals surface area contributed by atoms with Gasteiger partial charge in [-0.2, -0.15) is 4.51 Å². The number of amidine groups is 1. The lowest BCUT2D eigenvalue weighted by molar-refractivity contribution is 0.0943. The van der Waals surface area contributed by atoms with Crippen LogP contribution in [0.2, 0.25) is 0 Å². The number of hydrogen-bond acceptors (Lipinski definition) is 2. The molecule has 0 aliphatic heterocycles. The lowest BCUT2D eigenvalue weighted by Gasteiger charge is -2.16. The maximum absolute atomic E-state index is 12.4. The Bertz CT molecular complexity index is 594. The maximum atomic E-state index is 12.4. The van der Waals surface area contributed by atoms with Crippen molar-refractivity contribution in [1.82, 2.24) is 5.32 Å². The SMILES string of the molecule is CCCCCCCCCCc1ccc(C(=O)NC2(/C(N)=N/Cl)CC2)cc1. The summed E-state index contributed by atoms with van der Waals surface area (Å²) in [6.45, 7) is 2.25. The smallest absolute Gasteiger partial charge is 0.252 e. The zero-order valence-corrected chi connectivity index (χ0v) is 16.7. The lowest BCUT2D eigenvalue weighted by atomic mass is 10.0. The second-order valence-electron chi connectivity index (χ2n) is 7.43. The van der Waals surface area contributed by atoms with E-state index in [1.165, 1.54) is 56.9 Å². The predicted octanol–water partition coefficient (Wildman–Crippen LogP) is 5.14. The van der Waals surface area contributed by atoms with Crippen LogP contribution >= 0.6 is 11.8 Å². The third-order valence-electron chi connectivity index (χ3n) is 5.22. The van der Waals surface area contributed by atoms with Gasteiger partial charge in [0.1, 0.15) is 5.84 Å². The number of aryl methyl sites for hydroxylation is 1. The summed E-state index contributed by atoms with van der Waals surface area (Å²) in [4.78, 5) is 12.4. The number of benzene rings is 1. The van der Waals surface area contributed by atoms with Crippen LogP contribution in [-0.4, -0.2) is 17.3 Å². The number of carbonyl (C=O) groups is 1. The second kappa shape index (κ2) is 10.6. The molecule has 1 aromatic carbocycles. The van der Waals surface area contributed by atoms with E-state index >= 15 is 0 Å². The molecule has 0 unspecified atom stereocenters. The zero-order chi connectivity index (χ0) is 18.8. The van der Waals surface area contributed by atoms with Gasteiger partial charge in [-0.15, -0.1) is 0 Å². The standard InChI is InChI=1S/C21H32ClN3O/c1-2-3-4-5-6-7-8-9-10-17-11-13-18(14-12-17)19(26)24-21(15-16-21)20(23)25-22/h11-14H,2-10,15-16H2,1H3,(H2,23,25)(H,24,26). The summed E-state index contributed by atoms with van der Waals surface area (Å²) >= 11 is 5.44. The van der Waals surface area contributed by atoms with Gasteiger partial charge in [-0.05, 0) is 43.4 Å². The van der Waals surface area contributed by atoms with Gasteiger partial charge in [0, 0.05) is 17.3 Å². The third kappa shape index (κ3) is 6.31. The van der Waals surface area contributed by atoms with E-state index in [1.54, 1.807) is 0 Å². The van der Waals surface area contributed by atoms with Crippen LogP contribution in [0, 0.1) is 0 Å². The van der Waals surface area contributed by atoms with Crippen molar-refractivity contribution >= 4 is 23.5 Å². The average molecular weight is 378 g/mol. The third-order valence-corrected chi connectivity index (χ3v) is 5.40. The Morgan fingerprint density at radius 2 is 1.65 bits per heavy atom. The monoisotopic (exact) mass is 377 g/mol. The fourth-order valence-electron chi connectivity index (χ4n) is 3.23. The van der Waals surface area contributed by atoms with Crippen LogP contribution in [-0.2, 0) is 6.42 Å². The Labute approximate surface area is 162 Å². The fraction of sp³-hybridized carbons (Fsp3) is 0.619. The molecule has 144 valence electrons. The van der Waals surface area contributed by atoms with Crippen molar-refractivity contribution in [2.24, 2.45) is 10.2 Å². The van der Waals surface area contributed by atoms with Gasteiger partial charge in [-0.3, -0.25) is 4.79 Å². The quantitative estimate of drug-likeness (QED) is 0.300. The number of nitrogens with one attached hydrogen (secondary N) is 1. The van der Waals surface area contributed by atoms with Crippen LogP contribution in [0.3, 0.4) is 0 Å². The van der Waals surface area contributed by atoms with Gasteiger partial charge in [-0.1, -0.05) is 64.0 Å². The second-order valence-corrected chi connectivity index (χ2v) is 7.60. The molecule has 1 amide bonds. The summed E-state index contributed by atoms with van der Waals surface area (Å²) in [6.07, 6.45) is 13.3. The molecule has 26 heavy (non-hydrogen) atoms. The molecular weight excluding hydrogens is 346 g/mol. The molecule has 0 atom stereocenters. The molecule has 0 heterocycles. The maximum Gasteiger partial charge on any atom is 0.252 e. The van der Waals surface area contributed by atoms with Gasteiger partial charge in [-0.25, -0.2) is 0 Å². The molecule has 0 bridgehead atoms. The minimum Gasteiger partial charge on any atom is -0.384 e. The largest absolute Gasteiger partial charge is 0.384 e. The van der Waals surface area contributed by atoms with Crippen molar-refractivity contribution in [2.45, 2.75) is 83.1 Å². The van der Waals surface area contributed by atoms with E-state index in [9.17, 15) is 4.79 Å². The van der Waals surface area contributed by atoms with Crippen molar-refractivity contribution in [1.29, 1.82) is 0 Å². The van der Waals surface area contributed by atoms with Crippen LogP contribution < -0.4 is 11.1 Å². The first-order valence-corrected chi connectivity index (χ1v) is 10.3. The highest BCUT2D eigenvalue weighted by Crippen LogP contribution is 2.36. The Morgan fingerprint density at radius 3 is 2.19 bits per heavy atom. The molecule has 1 aromatic rings. The predicted molar refractivity (Wildman–Crippen MR) is 110 cm³/mol. The Hall–Kier alpha value is -1.55. The number of hydrogen-bond donors (Lipinski definition) is 2. The average Bonchev–Trinajstić information content (AvgIpc) is 3.44. The fourth-order valence-corrected chi connectivity index (χ4v) is 3.39. The van der Waals surface area contributed by atoms with E-state index in [0.29, 0.717) is 11.4 Å². The van der Waals surface area contributed by atoms with E-state index in [-0.39, 0.29) is 5.91 Å². The highest BCUT2D eigenvalue weighted by Gasteiger charge is 2.48. The van der Waals surface area contributed by atoms with E-state index in [2.05, 4.69) is 28.9 Å². The molecule has 1 saturated carbocycles. The molecule has 1 aliphatic carbocycles. The summed E-state index contributed by atoms with van der Waals surface area (Å²) in [5.74, 6) is 0.170. The molecular formula is C21H32ClN3O. The van der Waals surface area contributed by atoms with Crippen LogP contribution in [0.15, 0.2) is 28.8 Å². The van der Waals surface area contributed by atoms with Crippen LogP contribution in [0.1, 0.15) is 87.1 Å². The molecule has 1 aliphatic rings. The van der Waals surface area contributed by atoms with Gasteiger partial charge < -0.3 is 11.1 Å². The number of nitrogens with two attached hydrogens (primary N) is 1. The molecule has 5 heteroatoms. The summed E-state index contributed by atoms with van der Waals surface area (Å²) in [6, 6.07) is 7.88. The number of carbonyl (C=O) groups excluding carboxylic acids is 1. The molecule has 1 fully saturated rings. The number of rotatable bonds is 12. The number of nitrogens with zero attached hydrogens (tertiary/aromatic N) is 1. The summed E-state index contributed by atoms with van der Waals surface area (Å²) < 4.78 is 3.50. The van der Waals surface area contributed by atoms with E-state index in [4.69, 9.17) is 17.5 Å². The van der Waals surface area contributed by atoms with Crippen molar-refractivity contribution in [3.8, 4) is 0 Å². The van der Waals surface area contributed by atoms with Gasteiger partial charge >= 0.3 is 0 Å². The van der Waals surface area contributed by atoms with Gasteiger partial charge in [0.15, 0.2) is 0 Å². The number of amides is 1. The van der Waals surface area contributed by atoms with Crippen molar-refractivity contribution < 1.29 is 4.79 Å². The van der Waals surface area contributed by atoms with Gasteiger partial charge in [0.25, 0.3) is 5.91 Å². The van der Waals surface area contributed by atoms with Crippen LogP contribution in [0.4, 0.5) is 0 Å². The van der Waals surface area contributed by atoms with Crippen molar-refractivity contribution in [3.63, 3.8) is 0 Å². The van der Waals surface area contributed by atoms with E-state index < -0.39 is 5.54 Å². The Morgan fingerprint density at radius 1 is 1.08 bits per heavy atom. The molecule has 2 rings (SSSR count).